The number of carbonyl (C=O) groups excluding carboxylic acids is 3. The highest BCUT2D eigenvalue weighted by Crippen LogP contribution is 2.57. The Morgan fingerprint density at radius 1 is 1.25 bits per heavy atom. The number of benzene rings is 1. The molecule has 6 atom stereocenters. The van der Waals surface area contributed by atoms with Gasteiger partial charge in [0, 0.05) is 24.4 Å². The second kappa shape index (κ2) is 12.5. The van der Waals surface area contributed by atoms with Gasteiger partial charge in [0.25, 0.3) is 0 Å². The van der Waals surface area contributed by atoms with Crippen LogP contribution in [0.5, 0.6) is 11.6 Å². The van der Waals surface area contributed by atoms with Crippen molar-refractivity contribution in [3.8, 4) is 11.6 Å². The molecule has 0 radical (unpaired) electrons. The Labute approximate surface area is 258 Å². The number of nitrogens with zero attached hydrogens (tertiary/aromatic N) is 2. The number of amides is 2. The van der Waals surface area contributed by atoms with Gasteiger partial charge in [-0.1, -0.05) is 26.3 Å². The first-order chi connectivity index (χ1) is 21.0. The van der Waals surface area contributed by atoms with Crippen LogP contribution < -0.4 is 19.5 Å². The van der Waals surface area contributed by atoms with E-state index in [-0.39, 0.29) is 42.9 Å². The van der Waals surface area contributed by atoms with Crippen LogP contribution >= 0.6 is 0 Å². The zero-order valence-electron chi connectivity index (χ0n) is 25.7. The zero-order chi connectivity index (χ0) is 31.8. The van der Waals surface area contributed by atoms with Crippen LogP contribution in [0.15, 0.2) is 43.1 Å². The molecule has 2 saturated carbocycles. The van der Waals surface area contributed by atoms with Crippen molar-refractivity contribution in [3.05, 3.63) is 43.1 Å². The number of aromatic nitrogens is 1. The number of likely N-dealkylation sites (N-methyl/N-ethyl adjacent to an activating group) is 1. The van der Waals surface area contributed by atoms with Crippen molar-refractivity contribution in [3.63, 3.8) is 0 Å². The highest BCUT2D eigenvalue weighted by Gasteiger charge is 2.61. The topological polar surface area (TPSA) is 144 Å². The van der Waals surface area contributed by atoms with Crippen molar-refractivity contribution in [1.82, 2.24) is 19.9 Å². The average Bonchev–Trinajstić information content (AvgIpc) is 3.94. The zero-order valence-corrected chi connectivity index (χ0v) is 26.6. The molecule has 2 aliphatic carbocycles. The molecule has 1 aliphatic heterocycles. The lowest BCUT2D eigenvalue weighted by Gasteiger charge is -2.31. The van der Waals surface area contributed by atoms with Gasteiger partial charge in [-0.2, -0.15) is 0 Å². The van der Waals surface area contributed by atoms with Gasteiger partial charge in [-0.25, -0.2) is 13.4 Å². The minimum atomic E-state index is -3.79. The summed E-state index contributed by atoms with van der Waals surface area (Å²) in [6.07, 6.45) is 4.83. The third kappa shape index (κ3) is 6.19. The van der Waals surface area contributed by atoms with Gasteiger partial charge in [0.15, 0.2) is 5.78 Å². The van der Waals surface area contributed by atoms with E-state index in [9.17, 15) is 22.8 Å². The molecular formula is C32H42N4O7S. The first kappa shape index (κ1) is 31.9. The minimum Gasteiger partial charge on any atom is -0.497 e. The predicted molar refractivity (Wildman–Crippen MR) is 166 cm³/mol. The van der Waals surface area contributed by atoms with Crippen molar-refractivity contribution in [1.29, 1.82) is 0 Å². The van der Waals surface area contributed by atoms with Crippen LogP contribution in [0.4, 0.5) is 0 Å². The summed E-state index contributed by atoms with van der Waals surface area (Å²) in [6.45, 7) is 7.95. The summed E-state index contributed by atoms with van der Waals surface area (Å²) in [5.41, 5.74) is -1.20. The Bertz CT molecular complexity index is 1560. The fourth-order valence-corrected chi connectivity index (χ4v) is 7.70. The Morgan fingerprint density at radius 3 is 2.61 bits per heavy atom. The Morgan fingerprint density at radius 2 is 2.00 bits per heavy atom. The molecule has 2 amide bonds. The van der Waals surface area contributed by atoms with Gasteiger partial charge in [-0.15, -0.1) is 6.58 Å². The van der Waals surface area contributed by atoms with Crippen molar-refractivity contribution >= 4 is 38.4 Å². The second-order valence-electron chi connectivity index (χ2n) is 12.4. The van der Waals surface area contributed by atoms with Crippen molar-refractivity contribution < 1.29 is 32.3 Å². The molecule has 2 N–H and O–H groups in total. The summed E-state index contributed by atoms with van der Waals surface area (Å²) in [6, 6.07) is 6.04. The molecule has 3 aliphatic rings. The van der Waals surface area contributed by atoms with Crippen LogP contribution in [0.2, 0.25) is 0 Å². The van der Waals surface area contributed by atoms with Gasteiger partial charge >= 0.3 is 0 Å². The van der Waals surface area contributed by atoms with E-state index >= 15 is 0 Å². The van der Waals surface area contributed by atoms with Crippen LogP contribution in [0.3, 0.4) is 0 Å². The summed E-state index contributed by atoms with van der Waals surface area (Å²) >= 11 is 0. The van der Waals surface area contributed by atoms with E-state index in [1.807, 2.05) is 38.1 Å². The number of ether oxygens (including phenoxy) is 2. The average molecular weight is 627 g/mol. The maximum Gasteiger partial charge on any atom is 0.240 e. The lowest BCUT2D eigenvalue weighted by atomic mass is 9.91. The van der Waals surface area contributed by atoms with Crippen LogP contribution in [-0.4, -0.2) is 80.0 Å². The Kier molecular flexibility index (Phi) is 9.04. The molecule has 5 rings (SSSR count). The molecule has 0 spiro atoms. The maximum atomic E-state index is 14.1. The molecule has 1 saturated heterocycles. The molecule has 1 aromatic carbocycles. The number of ketones is 1. The number of carbonyl (C=O) groups is 3. The SMILES string of the molecule is C=C[C@@H]1C[C@]1(CC(=O)[C@@H]1CC(Oc2nccc3cc(OC)ccc23)CN1C(=O)C(NC)[C@@H](C)CC)C(=O)NS(=O)(=O)C1CC1. The summed E-state index contributed by atoms with van der Waals surface area (Å²) in [5, 5.41) is 4.19. The standard InChI is InChI=1S/C32H42N4O7S/c1-6-19(3)28(33-4)30(38)36-18-23(43-29-25-11-8-22(42-5)14-20(25)12-13-34-29)15-26(36)27(37)17-32(16-21(32)7-2)31(39)35-44(40,41)24-9-10-24/h7-8,11-14,19,21,23-24,26,28,33H,2,6,9-10,15-18H2,1,3-5H3,(H,35,39)/t19-,21+,23?,26-,28?,32+/m0/s1. The monoisotopic (exact) mass is 626 g/mol. The van der Waals surface area contributed by atoms with E-state index < -0.39 is 44.8 Å². The predicted octanol–water partition coefficient (Wildman–Crippen LogP) is 2.99. The molecule has 44 heavy (non-hydrogen) atoms. The number of hydrogen-bond donors (Lipinski definition) is 2. The number of nitrogens with one attached hydrogen (secondary N) is 2. The fraction of sp³-hybridized carbons (Fsp3) is 0.562. The molecular weight excluding hydrogens is 584 g/mol. The molecule has 2 heterocycles. The third-order valence-corrected chi connectivity index (χ3v) is 11.3. The van der Waals surface area contributed by atoms with Gasteiger partial charge < -0.3 is 19.7 Å². The lowest BCUT2D eigenvalue weighted by molar-refractivity contribution is -0.141. The van der Waals surface area contributed by atoms with E-state index in [1.165, 1.54) is 0 Å². The van der Waals surface area contributed by atoms with Gasteiger partial charge in [0.1, 0.15) is 11.9 Å². The van der Waals surface area contributed by atoms with Gasteiger partial charge in [0.05, 0.1) is 36.4 Å². The van der Waals surface area contributed by atoms with E-state index in [0.717, 1.165) is 17.2 Å². The molecule has 1 aromatic heterocycles. The number of pyridine rings is 1. The van der Waals surface area contributed by atoms with E-state index in [2.05, 4.69) is 21.6 Å². The number of likely N-dealkylation sites (tertiary alicyclic amines) is 1. The maximum absolute atomic E-state index is 14.1. The van der Waals surface area contributed by atoms with Crippen LogP contribution in [-0.2, 0) is 24.4 Å². The summed E-state index contributed by atoms with van der Waals surface area (Å²) in [7, 11) is -0.466. The number of sulfonamides is 1. The van der Waals surface area contributed by atoms with Crippen molar-refractivity contribution in [2.75, 3.05) is 20.7 Å². The number of rotatable bonds is 14. The minimum absolute atomic E-state index is 0.0104. The molecule has 3 fully saturated rings. The quantitative estimate of drug-likeness (QED) is 0.303. The third-order valence-electron chi connectivity index (χ3n) is 9.48. The van der Waals surface area contributed by atoms with Gasteiger partial charge in [-0.05, 0) is 67.8 Å². The second-order valence-corrected chi connectivity index (χ2v) is 14.3. The molecule has 12 heteroatoms. The first-order valence-electron chi connectivity index (χ1n) is 15.3. The number of allylic oxidation sites excluding steroid dienone is 1. The largest absolute Gasteiger partial charge is 0.497 e. The number of fused-ring (bicyclic) bond motifs is 1. The summed E-state index contributed by atoms with van der Waals surface area (Å²) < 4.78 is 39.1. The molecule has 238 valence electrons. The molecule has 2 unspecified atom stereocenters. The van der Waals surface area contributed by atoms with E-state index in [0.29, 0.717) is 30.9 Å². The molecule has 0 bridgehead atoms. The first-order valence-corrected chi connectivity index (χ1v) is 16.8. The Balaban J connectivity index is 1.40. The number of hydrogen-bond acceptors (Lipinski definition) is 9. The van der Waals surface area contributed by atoms with Crippen molar-refractivity contribution in [2.24, 2.45) is 17.3 Å². The lowest BCUT2D eigenvalue weighted by Crippen LogP contribution is -2.52. The smallest absolute Gasteiger partial charge is 0.240 e. The highest BCUT2D eigenvalue weighted by atomic mass is 32.2. The normalized spacial score (nSPS) is 26.1. The fourth-order valence-electron chi connectivity index (χ4n) is 6.31. The highest BCUT2D eigenvalue weighted by molar-refractivity contribution is 7.90. The number of Topliss-reactive ketones (excluding diaryl/α,β-unsaturated/α-hetero) is 1. The van der Waals surface area contributed by atoms with Gasteiger partial charge in [0.2, 0.25) is 27.7 Å². The van der Waals surface area contributed by atoms with Crippen LogP contribution in [0.25, 0.3) is 10.8 Å². The Hall–Kier alpha value is -3.51. The summed E-state index contributed by atoms with van der Waals surface area (Å²) in [5.74, 6) is -0.430. The van der Waals surface area contributed by atoms with Crippen LogP contribution in [0, 0.1) is 17.3 Å². The van der Waals surface area contributed by atoms with Crippen LogP contribution in [0.1, 0.15) is 52.4 Å². The molecule has 11 nitrogen and oxygen atoms in total. The number of methoxy groups -OCH3 is 1. The van der Waals surface area contributed by atoms with E-state index in [1.54, 1.807) is 31.3 Å². The van der Waals surface area contributed by atoms with Gasteiger partial charge in [-0.3, -0.25) is 19.1 Å². The molecule has 2 aromatic rings. The van der Waals surface area contributed by atoms with E-state index in [4.69, 9.17) is 9.47 Å². The summed E-state index contributed by atoms with van der Waals surface area (Å²) in [4.78, 5) is 47.3. The van der Waals surface area contributed by atoms with Crippen molar-refractivity contribution in [2.45, 2.75) is 75.8 Å².